The third kappa shape index (κ3) is 6.17. The van der Waals surface area contributed by atoms with Gasteiger partial charge in [-0.1, -0.05) is 30.3 Å². The lowest BCUT2D eigenvalue weighted by Crippen LogP contribution is -2.44. The van der Waals surface area contributed by atoms with E-state index in [-0.39, 0.29) is 13.0 Å². The normalized spacial score (nSPS) is 12.6. The number of nitrogens with one attached hydrogen (secondary N) is 1. The van der Waals surface area contributed by atoms with Gasteiger partial charge in [0, 0.05) is 6.42 Å². The van der Waals surface area contributed by atoms with Crippen LogP contribution in [0.25, 0.3) is 0 Å². The highest BCUT2D eigenvalue weighted by atomic mass is 19.1. The molecule has 0 aliphatic heterocycles. The quantitative estimate of drug-likeness (QED) is 0.841. The molecule has 5 nitrogen and oxygen atoms in total. The molecule has 0 aromatic heterocycles. The highest BCUT2D eigenvalue weighted by Gasteiger charge is 2.29. The van der Waals surface area contributed by atoms with Crippen LogP contribution >= 0.6 is 0 Å². The number of alkyl carbamates (subject to hydrolysis) is 1. The second-order valence-electron chi connectivity index (χ2n) is 5.02. The fraction of sp³-hybridized carbons (Fsp3) is 0.429. The van der Waals surface area contributed by atoms with E-state index in [1.165, 1.54) is 13.8 Å². The van der Waals surface area contributed by atoms with Crippen LogP contribution in [0.5, 0.6) is 0 Å². The number of carbonyl (C=O) groups is 2. The first kappa shape index (κ1) is 15.9. The number of rotatable bonds is 6. The maximum absolute atomic E-state index is 13.4. The summed E-state index contributed by atoms with van der Waals surface area (Å²) < 4.78 is 18.3. The molecule has 0 saturated heterocycles. The summed E-state index contributed by atoms with van der Waals surface area (Å²) in [5.41, 5.74) is -0.921. The minimum absolute atomic E-state index is 0.0258. The highest BCUT2D eigenvalue weighted by Crippen LogP contribution is 2.16. The van der Waals surface area contributed by atoms with E-state index in [0.29, 0.717) is 0 Å². The monoisotopic (exact) mass is 283 g/mol. The molecule has 0 heterocycles. The second kappa shape index (κ2) is 6.88. The number of halogens is 1. The molecule has 1 rings (SSSR count). The number of hydrogen-bond donors (Lipinski definition) is 2. The maximum Gasteiger partial charge on any atom is 0.408 e. The van der Waals surface area contributed by atoms with Crippen molar-refractivity contribution in [2.75, 3.05) is 0 Å². The smallest absolute Gasteiger partial charge is 0.408 e. The molecule has 1 unspecified atom stereocenters. The molecule has 20 heavy (non-hydrogen) atoms. The van der Waals surface area contributed by atoms with Crippen molar-refractivity contribution >= 4 is 12.1 Å². The zero-order valence-corrected chi connectivity index (χ0v) is 11.4. The molecule has 1 aromatic carbocycles. The van der Waals surface area contributed by atoms with Crippen LogP contribution in [0.15, 0.2) is 30.3 Å². The van der Waals surface area contributed by atoms with Gasteiger partial charge in [-0.15, -0.1) is 0 Å². The predicted octanol–water partition coefficient (Wildman–Crippen LogP) is 2.50. The Balaban J connectivity index is 2.48. The minimum atomic E-state index is -1.70. The van der Waals surface area contributed by atoms with Crippen molar-refractivity contribution in [1.29, 1.82) is 0 Å². The predicted molar refractivity (Wildman–Crippen MR) is 71.0 cm³/mol. The van der Waals surface area contributed by atoms with E-state index in [4.69, 9.17) is 9.84 Å². The van der Waals surface area contributed by atoms with Crippen molar-refractivity contribution < 1.29 is 23.8 Å². The number of hydrogen-bond acceptors (Lipinski definition) is 3. The second-order valence-corrected chi connectivity index (χ2v) is 5.02. The first-order valence-corrected chi connectivity index (χ1v) is 6.17. The number of amides is 1. The van der Waals surface area contributed by atoms with Crippen LogP contribution in [0, 0.1) is 0 Å². The SMILES string of the molecule is CC(C)(F)CC(NC(=O)OCc1ccccc1)C(=O)O. The van der Waals surface area contributed by atoms with Gasteiger partial charge in [-0.2, -0.15) is 0 Å². The summed E-state index contributed by atoms with van der Waals surface area (Å²) in [4.78, 5) is 22.4. The van der Waals surface area contributed by atoms with E-state index in [2.05, 4.69) is 5.32 Å². The maximum atomic E-state index is 13.4. The number of carboxylic acid groups (broad SMARTS) is 1. The van der Waals surface area contributed by atoms with Crippen LogP contribution in [-0.4, -0.2) is 28.9 Å². The van der Waals surface area contributed by atoms with Gasteiger partial charge in [-0.25, -0.2) is 14.0 Å². The summed E-state index contributed by atoms with van der Waals surface area (Å²) in [6.07, 6.45) is -1.21. The Labute approximate surface area is 116 Å². The Bertz CT molecular complexity index is 456. The molecule has 0 spiro atoms. The standard InChI is InChI=1S/C14H18FNO4/c1-14(2,15)8-11(12(17)18)16-13(19)20-9-10-6-4-3-5-7-10/h3-7,11H,8-9H2,1-2H3,(H,16,19)(H,17,18). The third-order valence-electron chi connectivity index (χ3n) is 2.49. The molecular weight excluding hydrogens is 265 g/mol. The van der Waals surface area contributed by atoms with Gasteiger partial charge in [-0.05, 0) is 19.4 Å². The van der Waals surface area contributed by atoms with Gasteiger partial charge in [0.05, 0.1) is 0 Å². The minimum Gasteiger partial charge on any atom is -0.480 e. The van der Waals surface area contributed by atoms with E-state index in [1.807, 2.05) is 6.07 Å². The molecular formula is C14H18FNO4. The molecule has 0 radical (unpaired) electrons. The van der Waals surface area contributed by atoms with Gasteiger partial charge in [-0.3, -0.25) is 0 Å². The zero-order chi connectivity index (χ0) is 15.2. The van der Waals surface area contributed by atoms with Crippen molar-refractivity contribution in [1.82, 2.24) is 5.32 Å². The van der Waals surface area contributed by atoms with Gasteiger partial charge in [0.1, 0.15) is 18.3 Å². The highest BCUT2D eigenvalue weighted by molar-refractivity contribution is 5.79. The topological polar surface area (TPSA) is 75.6 Å². The van der Waals surface area contributed by atoms with E-state index in [0.717, 1.165) is 5.56 Å². The van der Waals surface area contributed by atoms with Crippen LogP contribution in [0.4, 0.5) is 9.18 Å². The number of carbonyl (C=O) groups excluding carboxylic acids is 1. The molecule has 0 aliphatic carbocycles. The Morgan fingerprint density at radius 1 is 1.35 bits per heavy atom. The Morgan fingerprint density at radius 3 is 2.45 bits per heavy atom. The molecule has 2 N–H and O–H groups in total. The average Bonchev–Trinajstić information content (AvgIpc) is 2.35. The molecule has 110 valence electrons. The van der Waals surface area contributed by atoms with E-state index in [9.17, 15) is 14.0 Å². The van der Waals surface area contributed by atoms with Gasteiger partial charge in [0.15, 0.2) is 0 Å². The van der Waals surface area contributed by atoms with Crippen molar-refractivity contribution in [3.8, 4) is 0 Å². The summed E-state index contributed by atoms with van der Waals surface area (Å²) in [6.45, 7) is 2.53. The number of carboxylic acids is 1. The summed E-state index contributed by atoms with van der Waals surface area (Å²) in [5.74, 6) is -1.30. The summed E-state index contributed by atoms with van der Waals surface area (Å²) in [6, 6.07) is 7.63. The number of benzene rings is 1. The fourth-order valence-corrected chi connectivity index (χ4v) is 1.59. The first-order chi connectivity index (χ1) is 9.28. The molecule has 0 saturated carbocycles. The molecule has 1 aromatic rings. The van der Waals surface area contributed by atoms with Gasteiger partial charge < -0.3 is 15.2 Å². The largest absolute Gasteiger partial charge is 0.480 e. The number of alkyl halides is 1. The van der Waals surface area contributed by atoms with E-state index in [1.54, 1.807) is 24.3 Å². The average molecular weight is 283 g/mol. The summed E-state index contributed by atoms with van der Waals surface area (Å²) in [7, 11) is 0. The number of ether oxygens (including phenoxy) is 1. The Kier molecular flexibility index (Phi) is 5.49. The summed E-state index contributed by atoms with van der Waals surface area (Å²) >= 11 is 0. The van der Waals surface area contributed by atoms with Crippen molar-refractivity contribution in [2.24, 2.45) is 0 Å². The lowest BCUT2D eigenvalue weighted by molar-refractivity contribution is -0.140. The molecule has 0 fully saturated rings. The van der Waals surface area contributed by atoms with Gasteiger partial charge in [0.2, 0.25) is 0 Å². The van der Waals surface area contributed by atoms with Crippen LogP contribution in [-0.2, 0) is 16.1 Å². The molecule has 1 atom stereocenters. The van der Waals surface area contributed by atoms with Crippen LogP contribution in [0.1, 0.15) is 25.8 Å². The Morgan fingerprint density at radius 2 is 1.95 bits per heavy atom. The van der Waals surface area contributed by atoms with Gasteiger partial charge >= 0.3 is 12.1 Å². The van der Waals surface area contributed by atoms with E-state index >= 15 is 0 Å². The van der Waals surface area contributed by atoms with Crippen LogP contribution in [0.3, 0.4) is 0 Å². The molecule has 6 heteroatoms. The van der Waals surface area contributed by atoms with Crippen molar-refractivity contribution in [3.05, 3.63) is 35.9 Å². The lowest BCUT2D eigenvalue weighted by atomic mass is 10.0. The van der Waals surface area contributed by atoms with Crippen LogP contribution in [0.2, 0.25) is 0 Å². The summed E-state index contributed by atoms with van der Waals surface area (Å²) in [5, 5.41) is 11.1. The molecule has 0 aliphatic rings. The van der Waals surface area contributed by atoms with Crippen LogP contribution < -0.4 is 5.32 Å². The Hall–Kier alpha value is -2.11. The first-order valence-electron chi connectivity index (χ1n) is 6.17. The third-order valence-corrected chi connectivity index (χ3v) is 2.49. The van der Waals surface area contributed by atoms with Crippen molar-refractivity contribution in [2.45, 2.75) is 38.6 Å². The zero-order valence-electron chi connectivity index (χ0n) is 11.4. The fourth-order valence-electron chi connectivity index (χ4n) is 1.59. The van der Waals surface area contributed by atoms with Gasteiger partial charge in [0.25, 0.3) is 0 Å². The molecule has 1 amide bonds. The number of aliphatic carboxylic acids is 1. The molecule has 0 bridgehead atoms. The van der Waals surface area contributed by atoms with Crippen molar-refractivity contribution in [3.63, 3.8) is 0 Å². The lowest BCUT2D eigenvalue weighted by Gasteiger charge is -2.20. The van der Waals surface area contributed by atoms with E-state index < -0.39 is 23.8 Å².